The monoisotopic (exact) mass is 355 g/mol. The quantitative estimate of drug-likeness (QED) is 0.720. The van der Waals surface area contributed by atoms with Gasteiger partial charge in [0, 0.05) is 37.8 Å². The van der Waals surface area contributed by atoms with Gasteiger partial charge in [0.05, 0.1) is 6.54 Å². The number of rotatable bonds is 6. The first-order chi connectivity index (χ1) is 11.9. The molecule has 3 N–H and O–H groups in total. The first-order valence-electron chi connectivity index (χ1n) is 8.38. The van der Waals surface area contributed by atoms with Gasteiger partial charge in [-0.15, -0.1) is 0 Å². The molecule has 8 heteroatoms. The van der Waals surface area contributed by atoms with E-state index in [-0.39, 0.29) is 11.9 Å². The average Bonchev–Trinajstić information content (AvgIpc) is 2.53. The number of likely N-dealkylation sites (tertiary alicyclic amines) is 1. The van der Waals surface area contributed by atoms with Crippen molar-refractivity contribution in [2.24, 2.45) is 0 Å². The summed E-state index contributed by atoms with van der Waals surface area (Å²) in [7, 11) is 0. The van der Waals surface area contributed by atoms with Gasteiger partial charge in [-0.25, -0.2) is 8.78 Å². The molecule has 0 radical (unpaired) electrons. The number of nitrogens with zero attached hydrogens (tertiary/aromatic N) is 1. The van der Waals surface area contributed by atoms with E-state index in [9.17, 15) is 23.5 Å². The number of amides is 2. The number of halogens is 2. The molecule has 138 valence electrons. The van der Waals surface area contributed by atoms with Crippen LogP contribution in [0.1, 0.15) is 36.5 Å². The van der Waals surface area contributed by atoms with E-state index >= 15 is 0 Å². The predicted octanol–water partition coefficient (Wildman–Crippen LogP) is 1.39. The molecule has 1 aliphatic heterocycles. The molecule has 25 heavy (non-hydrogen) atoms. The molecule has 0 aromatic heterocycles. The second-order valence-electron chi connectivity index (χ2n) is 6.16. The van der Waals surface area contributed by atoms with Crippen molar-refractivity contribution in [3.63, 3.8) is 0 Å². The summed E-state index contributed by atoms with van der Waals surface area (Å²) in [5, 5.41) is 15.1. The summed E-state index contributed by atoms with van der Waals surface area (Å²) in [6.45, 7) is 4.20. The molecule has 1 heterocycles. The number of benzene rings is 1. The maximum atomic E-state index is 13.7. The number of phenols is 1. The number of piperidine rings is 1. The predicted molar refractivity (Wildman–Crippen MR) is 88.3 cm³/mol. The van der Waals surface area contributed by atoms with Crippen LogP contribution in [0.4, 0.5) is 8.78 Å². The van der Waals surface area contributed by atoms with E-state index in [4.69, 9.17) is 0 Å². The van der Waals surface area contributed by atoms with E-state index < -0.39 is 28.9 Å². The van der Waals surface area contributed by atoms with Crippen LogP contribution in [0.15, 0.2) is 12.1 Å². The Hall–Kier alpha value is -2.22. The zero-order valence-electron chi connectivity index (χ0n) is 14.1. The molecule has 2 amide bonds. The lowest BCUT2D eigenvalue weighted by Gasteiger charge is -2.31. The van der Waals surface area contributed by atoms with Crippen LogP contribution in [0.25, 0.3) is 0 Å². The van der Waals surface area contributed by atoms with Crippen LogP contribution < -0.4 is 10.6 Å². The van der Waals surface area contributed by atoms with Crippen molar-refractivity contribution in [3.05, 3.63) is 29.3 Å². The molecule has 0 bridgehead atoms. The second kappa shape index (κ2) is 8.75. The average molecular weight is 355 g/mol. The number of phenolic OH excluding ortho intramolecular Hbond substituents is 1. The Morgan fingerprint density at radius 1 is 1.28 bits per heavy atom. The van der Waals surface area contributed by atoms with Crippen LogP contribution in [-0.2, 0) is 4.79 Å². The third-order valence-electron chi connectivity index (χ3n) is 4.12. The van der Waals surface area contributed by atoms with E-state index in [2.05, 4.69) is 10.6 Å². The highest BCUT2D eigenvalue weighted by Crippen LogP contribution is 2.22. The maximum absolute atomic E-state index is 13.7. The summed E-state index contributed by atoms with van der Waals surface area (Å²) in [5.41, 5.74) is -0.553. The molecule has 1 aromatic rings. The fourth-order valence-electron chi connectivity index (χ4n) is 2.80. The number of hydrogen-bond acceptors (Lipinski definition) is 4. The van der Waals surface area contributed by atoms with Crippen LogP contribution in [0.3, 0.4) is 0 Å². The van der Waals surface area contributed by atoms with E-state index in [1.165, 1.54) is 0 Å². The van der Waals surface area contributed by atoms with E-state index in [1.807, 2.05) is 11.8 Å². The fraction of sp³-hybridized carbons (Fsp3) is 0.529. The summed E-state index contributed by atoms with van der Waals surface area (Å²) in [5.74, 6) is -3.56. The summed E-state index contributed by atoms with van der Waals surface area (Å²) in [6.07, 6.45) is 2.10. The summed E-state index contributed by atoms with van der Waals surface area (Å²) in [6, 6.07) is 1.08. The van der Waals surface area contributed by atoms with Gasteiger partial charge in [-0.3, -0.25) is 14.5 Å². The minimum atomic E-state index is -1.10. The Morgan fingerprint density at radius 2 is 1.96 bits per heavy atom. The Morgan fingerprint density at radius 3 is 2.56 bits per heavy atom. The lowest BCUT2D eigenvalue weighted by atomic mass is 10.0. The van der Waals surface area contributed by atoms with Crippen molar-refractivity contribution in [1.82, 2.24) is 15.5 Å². The minimum Gasteiger partial charge on any atom is -0.507 e. The van der Waals surface area contributed by atoms with Gasteiger partial charge in [-0.05, 0) is 19.3 Å². The number of hydrogen-bond donors (Lipinski definition) is 3. The fourth-order valence-corrected chi connectivity index (χ4v) is 2.80. The maximum Gasteiger partial charge on any atom is 0.258 e. The molecule has 0 unspecified atom stereocenters. The van der Waals surface area contributed by atoms with Crippen molar-refractivity contribution < 1.29 is 23.5 Å². The molecule has 1 fully saturated rings. The highest BCUT2D eigenvalue weighted by atomic mass is 19.1. The van der Waals surface area contributed by atoms with Gasteiger partial charge in [0.25, 0.3) is 5.91 Å². The second-order valence-corrected chi connectivity index (χ2v) is 6.16. The SMILES string of the molecule is CCCNC(=O)CN1CCC(NC(=O)c2c(O)cc(F)cc2F)CC1. The van der Waals surface area contributed by atoms with Crippen LogP contribution in [-0.4, -0.2) is 54.0 Å². The molecule has 1 aliphatic rings. The topological polar surface area (TPSA) is 81.7 Å². The highest BCUT2D eigenvalue weighted by molar-refractivity contribution is 5.97. The number of aromatic hydroxyl groups is 1. The van der Waals surface area contributed by atoms with E-state index in [1.54, 1.807) is 0 Å². The third kappa shape index (κ3) is 5.38. The van der Waals surface area contributed by atoms with Crippen LogP contribution in [0.5, 0.6) is 5.75 Å². The third-order valence-corrected chi connectivity index (χ3v) is 4.12. The van der Waals surface area contributed by atoms with Crippen molar-refractivity contribution in [2.45, 2.75) is 32.2 Å². The van der Waals surface area contributed by atoms with Crippen LogP contribution >= 0.6 is 0 Å². The van der Waals surface area contributed by atoms with Crippen LogP contribution in [0, 0.1) is 11.6 Å². The number of carbonyl (C=O) groups is 2. The lowest BCUT2D eigenvalue weighted by molar-refractivity contribution is -0.122. The molecule has 0 spiro atoms. The van der Waals surface area contributed by atoms with Gasteiger partial charge >= 0.3 is 0 Å². The molecule has 2 rings (SSSR count). The molecular formula is C17H23F2N3O3. The number of carbonyl (C=O) groups excluding carboxylic acids is 2. The number of nitrogens with one attached hydrogen (secondary N) is 2. The Bertz CT molecular complexity index is 609. The normalized spacial score (nSPS) is 15.8. The molecule has 0 saturated carbocycles. The summed E-state index contributed by atoms with van der Waals surface area (Å²) >= 11 is 0. The highest BCUT2D eigenvalue weighted by Gasteiger charge is 2.25. The van der Waals surface area contributed by atoms with Gasteiger partial charge in [0.1, 0.15) is 22.9 Å². The lowest BCUT2D eigenvalue weighted by Crippen LogP contribution is -2.47. The molecule has 0 atom stereocenters. The first-order valence-corrected chi connectivity index (χ1v) is 8.38. The largest absolute Gasteiger partial charge is 0.507 e. The van der Waals surface area contributed by atoms with Gasteiger partial charge in [-0.2, -0.15) is 0 Å². The summed E-state index contributed by atoms with van der Waals surface area (Å²) < 4.78 is 26.7. The minimum absolute atomic E-state index is 0.0253. The van der Waals surface area contributed by atoms with E-state index in [0.717, 1.165) is 6.42 Å². The van der Waals surface area contributed by atoms with E-state index in [0.29, 0.717) is 51.2 Å². The first kappa shape index (κ1) is 19.1. The smallest absolute Gasteiger partial charge is 0.258 e. The summed E-state index contributed by atoms with van der Waals surface area (Å²) in [4.78, 5) is 25.8. The Balaban J connectivity index is 1.84. The van der Waals surface area contributed by atoms with Gasteiger partial charge in [-0.1, -0.05) is 6.92 Å². The van der Waals surface area contributed by atoms with Crippen molar-refractivity contribution in [2.75, 3.05) is 26.2 Å². The molecule has 0 aliphatic carbocycles. The van der Waals surface area contributed by atoms with Crippen LogP contribution in [0.2, 0.25) is 0 Å². The van der Waals surface area contributed by atoms with Crippen molar-refractivity contribution in [1.29, 1.82) is 0 Å². The van der Waals surface area contributed by atoms with Gasteiger partial charge in [0.2, 0.25) is 5.91 Å². The standard InChI is InChI=1S/C17H23F2N3O3/c1-2-5-20-15(24)10-22-6-3-12(4-7-22)21-17(25)16-13(19)8-11(18)9-14(16)23/h8-9,12,23H,2-7,10H2,1H3,(H,20,24)(H,21,25). The molecule has 1 saturated heterocycles. The molecular weight excluding hydrogens is 332 g/mol. The zero-order chi connectivity index (χ0) is 18.4. The molecule has 6 nitrogen and oxygen atoms in total. The Kier molecular flexibility index (Phi) is 6.69. The van der Waals surface area contributed by atoms with Crippen molar-refractivity contribution >= 4 is 11.8 Å². The zero-order valence-corrected chi connectivity index (χ0v) is 14.1. The van der Waals surface area contributed by atoms with Gasteiger partial charge < -0.3 is 15.7 Å². The molecule has 1 aromatic carbocycles. The van der Waals surface area contributed by atoms with Crippen molar-refractivity contribution in [3.8, 4) is 5.75 Å². The Labute approximate surface area is 145 Å². The van der Waals surface area contributed by atoms with Gasteiger partial charge in [0.15, 0.2) is 0 Å².